The molecule has 0 bridgehead atoms. The van der Waals surface area contributed by atoms with Crippen molar-refractivity contribution in [1.82, 2.24) is 10.2 Å². The molecular weight excluding hydrogens is 638 g/mol. The van der Waals surface area contributed by atoms with E-state index in [0.717, 1.165) is 58.3 Å². The largest absolute Gasteiger partial charge is 0.352 e. The third kappa shape index (κ3) is 8.82. The lowest BCUT2D eigenvalue weighted by molar-refractivity contribution is -0.140. The summed E-state index contributed by atoms with van der Waals surface area (Å²) in [5.41, 5.74) is 2.70. The topological polar surface area (TPSA) is 86.8 Å². The zero-order chi connectivity index (χ0) is 30.3. The van der Waals surface area contributed by atoms with Crippen LogP contribution in [0.4, 0.5) is 5.69 Å². The molecular formula is C32H37BrClN3O4S. The number of anilines is 1. The molecule has 3 aromatic rings. The Bertz CT molecular complexity index is 1500. The van der Waals surface area contributed by atoms with Gasteiger partial charge in [-0.3, -0.25) is 13.9 Å². The Balaban J connectivity index is 1.74. The van der Waals surface area contributed by atoms with Crippen molar-refractivity contribution in [2.45, 2.75) is 64.1 Å². The van der Waals surface area contributed by atoms with Crippen LogP contribution in [-0.2, 0) is 32.6 Å². The highest BCUT2D eigenvalue weighted by Crippen LogP contribution is 2.27. The minimum atomic E-state index is -3.87. The molecule has 42 heavy (non-hydrogen) atoms. The second kappa shape index (κ2) is 14.5. The number of hydrogen-bond acceptors (Lipinski definition) is 4. The number of nitrogens with one attached hydrogen (secondary N) is 1. The number of sulfonamides is 1. The fourth-order valence-corrected chi connectivity index (χ4v) is 6.89. The molecule has 0 spiro atoms. The smallest absolute Gasteiger partial charge is 0.244 e. The van der Waals surface area contributed by atoms with E-state index in [-0.39, 0.29) is 24.9 Å². The first-order chi connectivity index (χ1) is 20.0. The summed E-state index contributed by atoms with van der Waals surface area (Å²) in [4.78, 5) is 29.8. The molecule has 224 valence electrons. The maximum absolute atomic E-state index is 14.3. The van der Waals surface area contributed by atoms with Gasteiger partial charge in [-0.2, -0.15) is 0 Å². The molecule has 0 radical (unpaired) electrons. The van der Waals surface area contributed by atoms with Crippen LogP contribution in [0.3, 0.4) is 0 Å². The molecule has 1 fully saturated rings. The van der Waals surface area contributed by atoms with E-state index >= 15 is 0 Å². The average molecular weight is 675 g/mol. The molecule has 1 saturated carbocycles. The van der Waals surface area contributed by atoms with Crippen molar-refractivity contribution < 1.29 is 18.0 Å². The fraction of sp³-hybridized carbons (Fsp3) is 0.375. The summed E-state index contributed by atoms with van der Waals surface area (Å²) in [6, 6.07) is 21.2. The van der Waals surface area contributed by atoms with Crippen molar-refractivity contribution in [1.29, 1.82) is 0 Å². The van der Waals surface area contributed by atoms with Gasteiger partial charge in [-0.25, -0.2) is 8.42 Å². The lowest BCUT2D eigenvalue weighted by Crippen LogP contribution is -2.55. The molecule has 0 unspecified atom stereocenters. The minimum Gasteiger partial charge on any atom is -0.352 e. The molecule has 0 aromatic heterocycles. The summed E-state index contributed by atoms with van der Waals surface area (Å²) >= 11 is 9.74. The van der Waals surface area contributed by atoms with Gasteiger partial charge in [0.1, 0.15) is 12.6 Å². The number of aryl methyl sites for hydroxylation is 1. The van der Waals surface area contributed by atoms with Crippen molar-refractivity contribution in [2.24, 2.45) is 0 Å². The number of nitrogens with zero attached hydrogens (tertiary/aromatic N) is 2. The van der Waals surface area contributed by atoms with Crippen molar-refractivity contribution in [2.75, 3.05) is 17.1 Å². The molecule has 0 aliphatic heterocycles. The summed E-state index contributed by atoms with van der Waals surface area (Å²) in [7, 11) is -3.87. The Hall–Kier alpha value is -2.88. The van der Waals surface area contributed by atoms with Gasteiger partial charge in [-0.1, -0.05) is 95.3 Å². The molecule has 4 rings (SSSR count). The lowest BCUT2D eigenvalue weighted by atomic mass is 9.94. The van der Waals surface area contributed by atoms with Crippen LogP contribution in [-0.4, -0.2) is 50.0 Å². The number of carbonyl (C=O) groups excluding carboxylic acids is 2. The van der Waals surface area contributed by atoms with Crippen LogP contribution in [0.5, 0.6) is 0 Å². The van der Waals surface area contributed by atoms with E-state index < -0.39 is 28.5 Å². The van der Waals surface area contributed by atoms with E-state index in [4.69, 9.17) is 11.6 Å². The number of amides is 2. The number of hydrogen-bond donors (Lipinski definition) is 1. The lowest BCUT2D eigenvalue weighted by Gasteiger charge is -2.35. The van der Waals surface area contributed by atoms with Gasteiger partial charge in [0.2, 0.25) is 21.8 Å². The Labute approximate surface area is 262 Å². The summed E-state index contributed by atoms with van der Waals surface area (Å²) in [6.07, 6.45) is 6.41. The zero-order valence-corrected chi connectivity index (χ0v) is 27.1. The number of benzene rings is 3. The van der Waals surface area contributed by atoms with E-state index in [9.17, 15) is 18.0 Å². The Morgan fingerprint density at radius 3 is 2.33 bits per heavy atom. The highest BCUT2D eigenvalue weighted by molar-refractivity contribution is 9.10. The van der Waals surface area contributed by atoms with Crippen LogP contribution in [0.25, 0.3) is 0 Å². The van der Waals surface area contributed by atoms with Gasteiger partial charge in [-0.15, -0.1) is 0 Å². The van der Waals surface area contributed by atoms with Crippen LogP contribution in [0, 0.1) is 6.92 Å². The highest BCUT2D eigenvalue weighted by Gasteiger charge is 2.34. The van der Waals surface area contributed by atoms with E-state index in [0.29, 0.717) is 16.3 Å². The Kier molecular flexibility index (Phi) is 11.1. The predicted octanol–water partition coefficient (Wildman–Crippen LogP) is 6.27. The first-order valence-corrected chi connectivity index (χ1v) is 17.2. The second-order valence-corrected chi connectivity index (χ2v) is 14.2. The molecule has 10 heteroatoms. The number of halogens is 2. The highest BCUT2D eigenvalue weighted by atomic mass is 79.9. The maximum atomic E-state index is 14.3. The van der Waals surface area contributed by atoms with E-state index in [2.05, 4.69) is 21.2 Å². The first-order valence-electron chi connectivity index (χ1n) is 14.1. The molecule has 1 N–H and O–H groups in total. The normalized spacial score (nSPS) is 14.7. The van der Waals surface area contributed by atoms with Gasteiger partial charge < -0.3 is 10.2 Å². The van der Waals surface area contributed by atoms with Crippen molar-refractivity contribution in [3.8, 4) is 0 Å². The SMILES string of the molecule is Cc1ccc(Cl)cc1N(CC(=O)N(Cc1cccc(Br)c1)[C@H](Cc1ccccc1)C(=O)NC1CCCCC1)S(C)(=O)=O. The molecule has 2 amide bonds. The first kappa shape index (κ1) is 32.0. The zero-order valence-electron chi connectivity index (χ0n) is 23.9. The third-order valence-corrected chi connectivity index (χ3v) is 9.44. The van der Waals surface area contributed by atoms with Crippen molar-refractivity contribution >= 4 is 55.1 Å². The van der Waals surface area contributed by atoms with Crippen molar-refractivity contribution in [3.63, 3.8) is 0 Å². The predicted molar refractivity (Wildman–Crippen MR) is 172 cm³/mol. The van der Waals surface area contributed by atoms with E-state index in [1.807, 2.05) is 54.6 Å². The molecule has 0 heterocycles. The van der Waals surface area contributed by atoms with Crippen molar-refractivity contribution in [3.05, 3.63) is 99.0 Å². The van der Waals surface area contributed by atoms with Gasteiger partial charge in [-0.05, 0) is 60.7 Å². The molecule has 7 nitrogen and oxygen atoms in total. The molecule has 1 atom stereocenters. The molecule has 1 aliphatic rings. The Morgan fingerprint density at radius 2 is 1.67 bits per heavy atom. The molecule has 3 aromatic carbocycles. The summed E-state index contributed by atoms with van der Waals surface area (Å²) < 4.78 is 28.0. The van der Waals surface area contributed by atoms with E-state index in [1.54, 1.807) is 25.1 Å². The van der Waals surface area contributed by atoms with Crippen LogP contribution < -0.4 is 9.62 Å². The van der Waals surface area contributed by atoms with Gasteiger partial charge in [0.25, 0.3) is 0 Å². The number of rotatable bonds is 11. The fourth-order valence-electron chi connectivity index (χ4n) is 5.38. The van der Waals surface area contributed by atoms with Gasteiger partial charge >= 0.3 is 0 Å². The molecule has 1 aliphatic carbocycles. The van der Waals surface area contributed by atoms with Gasteiger partial charge in [0.05, 0.1) is 11.9 Å². The van der Waals surface area contributed by atoms with Gasteiger partial charge in [0.15, 0.2) is 0 Å². The quantitative estimate of drug-likeness (QED) is 0.260. The van der Waals surface area contributed by atoms with Gasteiger partial charge in [0, 0.05) is 28.5 Å². The van der Waals surface area contributed by atoms with Crippen LogP contribution in [0.15, 0.2) is 77.3 Å². The standard InChI is InChI=1S/C32H37BrClN3O4S/c1-23-16-17-27(34)20-29(23)37(42(2,40)41)22-31(38)36(21-25-12-9-13-26(33)18-25)30(19-24-10-5-3-6-11-24)32(39)35-28-14-7-4-8-15-28/h3,5-6,9-13,16-18,20,28,30H,4,7-8,14-15,19,21-22H2,1-2H3,(H,35,39)/t30-/m1/s1. The average Bonchev–Trinajstić information content (AvgIpc) is 2.95. The maximum Gasteiger partial charge on any atom is 0.244 e. The monoisotopic (exact) mass is 673 g/mol. The van der Waals surface area contributed by atoms with Crippen LogP contribution >= 0.6 is 27.5 Å². The molecule has 0 saturated heterocycles. The second-order valence-electron chi connectivity index (χ2n) is 10.9. The number of carbonyl (C=O) groups is 2. The third-order valence-electron chi connectivity index (χ3n) is 7.58. The minimum absolute atomic E-state index is 0.0500. The summed E-state index contributed by atoms with van der Waals surface area (Å²) in [6.45, 7) is 1.42. The van der Waals surface area contributed by atoms with E-state index in [1.165, 1.54) is 4.90 Å². The van der Waals surface area contributed by atoms with Crippen LogP contribution in [0.1, 0.15) is 48.8 Å². The summed E-state index contributed by atoms with van der Waals surface area (Å²) in [5, 5.41) is 3.57. The Morgan fingerprint density at radius 1 is 0.976 bits per heavy atom. The van der Waals surface area contributed by atoms with Crippen LogP contribution in [0.2, 0.25) is 5.02 Å². The summed E-state index contributed by atoms with van der Waals surface area (Å²) in [5.74, 6) is -0.724.